The molecular weight excluding hydrogens is 287 g/mol. The highest BCUT2D eigenvalue weighted by atomic mass is 35.5. The summed E-state index contributed by atoms with van der Waals surface area (Å²) in [5.41, 5.74) is 0.856. The number of nitrogens with one attached hydrogen (secondary N) is 1. The molecule has 18 heavy (non-hydrogen) atoms. The summed E-state index contributed by atoms with van der Waals surface area (Å²) < 4.78 is 0. The maximum absolute atomic E-state index is 6.13. The van der Waals surface area contributed by atoms with Gasteiger partial charge in [-0.05, 0) is 38.0 Å². The van der Waals surface area contributed by atoms with Crippen LogP contribution in [0.25, 0.3) is 0 Å². The van der Waals surface area contributed by atoms with Gasteiger partial charge in [-0.1, -0.05) is 41.9 Å². The van der Waals surface area contributed by atoms with Crippen molar-refractivity contribution in [1.82, 2.24) is 0 Å². The number of benzene rings is 1. The largest absolute Gasteiger partial charge is 0.334 e. The predicted molar refractivity (Wildman–Crippen MR) is 83.3 cm³/mol. The van der Waals surface area contributed by atoms with Crippen LogP contribution in [0.4, 0.5) is 5.69 Å². The summed E-state index contributed by atoms with van der Waals surface area (Å²) in [5, 5.41) is 5.53. The van der Waals surface area contributed by atoms with E-state index in [2.05, 4.69) is 19.2 Å². The van der Waals surface area contributed by atoms with Crippen LogP contribution in [0, 0.1) is 0 Å². The highest BCUT2D eigenvalue weighted by Gasteiger charge is 2.26. The van der Waals surface area contributed by atoms with E-state index >= 15 is 0 Å². The van der Waals surface area contributed by atoms with Gasteiger partial charge in [0, 0.05) is 10.8 Å². The molecule has 1 N–H and O–H groups in total. The van der Waals surface area contributed by atoms with Gasteiger partial charge in [0.1, 0.15) is 0 Å². The monoisotopic (exact) mass is 302 g/mol. The number of rotatable bonds is 2. The maximum Gasteiger partial charge on any atom is 0.161 e. The molecule has 5 heteroatoms. The molecule has 0 radical (unpaired) electrons. The SMILES string of the molecule is CCC1(C)CCSC(Nc2cc(Cl)ccc2Cl)=N1. The van der Waals surface area contributed by atoms with E-state index in [4.69, 9.17) is 28.2 Å². The van der Waals surface area contributed by atoms with Crippen LogP contribution in [-0.4, -0.2) is 16.5 Å². The zero-order valence-electron chi connectivity index (χ0n) is 10.5. The van der Waals surface area contributed by atoms with E-state index in [0.717, 1.165) is 29.4 Å². The average molecular weight is 303 g/mol. The van der Waals surface area contributed by atoms with E-state index < -0.39 is 0 Å². The van der Waals surface area contributed by atoms with E-state index in [0.29, 0.717) is 10.0 Å². The van der Waals surface area contributed by atoms with Crippen molar-refractivity contribution >= 4 is 45.8 Å². The van der Waals surface area contributed by atoms with Crippen molar-refractivity contribution in [3.8, 4) is 0 Å². The lowest BCUT2D eigenvalue weighted by Gasteiger charge is -2.29. The number of halogens is 2. The van der Waals surface area contributed by atoms with Crippen LogP contribution in [0.5, 0.6) is 0 Å². The Hall–Kier alpha value is -0.380. The third-order valence-corrected chi connectivity index (χ3v) is 4.62. The van der Waals surface area contributed by atoms with Gasteiger partial charge in [0.15, 0.2) is 5.17 Å². The smallest absolute Gasteiger partial charge is 0.161 e. The summed E-state index contributed by atoms with van der Waals surface area (Å²) in [7, 11) is 0. The van der Waals surface area contributed by atoms with Gasteiger partial charge >= 0.3 is 0 Å². The Bertz CT molecular complexity index is 476. The molecule has 1 aliphatic heterocycles. The maximum atomic E-state index is 6.13. The molecule has 1 heterocycles. The molecule has 1 aliphatic rings. The number of aliphatic imine (C=N–C) groups is 1. The fourth-order valence-electron chi connectivity index (χ4n) is 1.73. The minimum Gasteiger partial charge on any atom is -0.334 e. The van der Waals surface area contributed by atoms with Gasteiger partial charge in [-0.25, -0.2) is 0 Å². The Balaban J connectivity index is 2.21. The van der Waals surface area contributed by atoms with Crippen molar-refractivity contribution in [1.29, 1.82) is 0 Å². The molecule has 0 bridgehead atoms. The Kier molecular flexibility index (Phi) is 4.46. The molecule has 0 saturated heterocycles. The van der Waals surface area contributed by atoms with E-state index in [1.165, 1.54) is 0 Å². The molecule has 0 aliphatic carbocycles. The first kappa shape index (κ1) is 14.0. The minimum absolute atomic E-state index is 0.0403. The summed E-state index contributed by atoms with van der Waals surface area (Å²) in [6, 6.07) is 5.39. The topological polar surface area (TPSA) is 24.4 Å². The van der Waals surface area contributed by atoms with Crippen LogP contribution in [-0.2, 0) is 0 Å². The van der Waals surface area contributed by atoms with E-state index in [-0.39, 0.29) is 5.54 Å². The van der Waals surface area contributed by atoms with Gasteiger partial charge in [-0.2, -0.15) is 0 Å². The molecule has 2 nitrogen and oxygen atoms in total. The van der Waals surface area contributed by atoms with E-state index in [9.17, 15) is 0 Å². The van der Waals surface area contributed by atoms with E-state index in [1.807, 2.05) is 6.07 Å². The first-order valence-corrected chi connectivity index (χ1v) is 7.71. The van der Waals surface area contributed by atoms with Crippen LogP contribution in [0.1, 0.15) is 26.7 Å². The molecular formula is C13H16Cl2N2S. The zero-order valence-corrected chi connectivity index (χ0v) is 12.8. The molecule has 1 atom stereocenters. The highest BCUT2D eigenvalue weighted by molar-refractivity contribution is 8.14. The van der Waals surface area contributed by atoms with Crippen LogP contribution >= 0.6 is 35.0 Å². The molecule has 0 spiro atoms. The fourth-order valence-corrected chi connectivity index (χ4v) is 3.27. The molecule has 1 aromatic carbocycles. The molecule has 0 amide bonds. The molecule has 0 saturated carbocycles. The second-order valence-electron chi connectivity index (χ2n) is 4.62. The predicted octanol–water partition coefficient (Wildman–Crippen LogP) is 5.07. The Morgan fingerprint density at radius 3 is 2.94 bits per heavy atom. The van der Waals surface area contributed by atoms with Gasteiger partial charge in [0.05, 0.1) is 16.2 Å². The van der Waals surface area contributed by atoms with Crippen LogP contribution in [0.15, 0.2) is 23.2 Å². The molecule has 0 aromatic heterocycles. The number of nitrogens with zero attached hydrogens (tertiary/aromatic N) is 1. The Labute approximate surface area is 122 Å². The molecule has 0 fully saturated rings. The second-order valence-corrected chi connectivity index (χ2v) is 6.54. The molecule has 1 aromatic rings. The number of amidine groups is 1. The summed E-state index contributed by atoms with van der Waals surface area (Å²) in [5.74, 6) is 1.08. The van der Waals surface area contributed by atoms with Gasteiger partial charge in [-0.15, -0.1) is 0 Å². The van der Waals surface area contributed by atoms with Crippen LogP contribution < -0.4 is 5.32 Å². The van der Waals surface area contributed by atoms with Crippen molar-refractivity contribution in [2.45, 2.75) is 32.2 Å². The van der Waals surface area contributed by atoms with Crippen molar-refractivity contribution in [2.24, 2.45) is 4.99 Å². The second kappa shape index (κ2) is 5.72. The molecule has 1 unspecified atom stereocenters. The standard InChI is InChI=1S/C13H16Cl2N2S/c1-3-13(2)6-7-18-12(17-13)16-11-8-9(14)4-5-10(11)15/h4-5,8H,3,6-7H2,1-2H3,(H,16,17). The van der Waals surface area contributed by atoms with Gasteiger partial charge in [0.2, 0.25) is 0 Å². The molecule has 2 rings (SSSR count). The lowest BCUT2D eigenvalue weighted by molar-refractivity contribution is 0.443. The normalized spacial score (nSPS) is 23.7. The third kappa shape index (κ3) is 3.34. The number of anilines is 1. The van der Waals surface area contributed by atoms with Crippen molar-refractivity contribution in [2.75, 3.05) is 11.1 Å². The summed E-state index contributed by atoms with van der Waals surface area (Å²) in [6.45, 7) is 4.36. The quantitative estimate of drug-likeness (QED) is 0.825. The molecule has 98 valence electrons. The van der Waals surface area contributed by atoms with Gasteiger partial charge < -0.3 is 5.32 Å². The summed E-state index contributed by atoms with van der Waals surface area (Å²) in [4.78, 5) is 4.77. The van der Waals surface area contributed by atoms with Crippen molar-refractivity contribution < 1.29 is 0 Å². The lowest BCUT2D eigenvalue weighted by atomic mass is 9.97. The first-order valence-electron chi connectivity index (χ1n) is 5.97. The van der Waals surface area contributed by atoms with Crippen molar-refractivity contribution in [3.63, 3.8) is 0 Å². The minimum atomic E-state index is 0.0403. The third-order valence-electron chi connectivity index (χ3n) is 3.18. The zero-order chi connectivity index (χ0) is 13.2. The van der Waals surface area contributed by atoms with Crippen LogP contribution in [0.3, 0.4) is 0 Å². The fraction of sp³-hybridized carbons (Fsp3) is 0.462. The number of thioether (sulfide) groups is 1. The van der Waals surface area contributed by atoms with Crippen LogP contribution in [0.2, 0.25) is 10.0 Å². The van der Waals surface area contributed by atoms with Crippen molar-refractivity contribution in [3.05, 3.63) is 28.2 Å². The number of hydrogen-bond donors (Lipinski definition) is 1. The summed E-state index contributed by atoms with van der Waals surface area (Å²) >= 11 is 13.8. The summed E-state index contributed by atoms with van der Waals surface area (Å²) in [6.07, 6.45) is 2.16. The highest BCUT2D eigenvalue weighted by Crippen LogP contribution is 2.32. The van der Waals surface area contributed by atoms with Gasteiger partial charge in [0.25, 0.3) is 0 Å². The Morgan fingerprint density at radius 1 is 1.44 bits per heavy atom. The first-order chi connectivity index (χ1) is 8.52. The number of hydrogen-bond acceptors (Lipinski definition) is 3. The Morgan fingerprint density at radius 2 is 2.22 bits per heavy atom. The lowest BCUT2D eigenvalue weighted by Crippen LogP contribution is -2.29. The average Bonchev–Trinajstić information content (AvgIpc) is 2.34. The van der Waals surface area contributed by atoms with E-state index in [1.54, 1.807) is 23.9 Å². The van der Waals surface area contributed by atoms with Gasteiger partial charge in [-0.3, -0.25) is 4.99 Å².